The van der Waals surface area contributed by atoms with Gasteiger partial charge in [-0.05, 0) is 30.5 Å². The molecule has 0 radical (unpaired) electrons. The first-order chi connectivity index (χ1) is 12.4. The summed E-state index contributed by atoms with van der Waals surface area (Å²) in [7, 11) is -4.19. The van der Waals surface area contributed by atoms with Gasteiger partial charge in [0.1, 0.15) is 5.00 Å². The molecular weight excluding hydrogens is 398 g/mol. The third-order valence-corrected chi connectivity index (χ3v) is 5.96. The van der Waals surface area contributed by atoms with Crippen molar-refractivity contribution in [2.75, 3.05) is 11.9 Å². The molecule has 0 aliphatic heterocycles. The molecule has 3 aromatic rings. The number of carbonyl (C=O) groups is 2. The molecule has 3 rings (SSSR count). The molecule has 136 valence electrons. The van der Waals surface area contributed by atoms with Crippen LogP contribution in [0.1, 0.15) is 27.1 Å². The molecule has 2 heterocycles. The SMILES string of the molecule is CCOS(=O)(=O)NC(=O)c1ccsc1NC(=O)c1nc2ccccc2s1. The second-order valence-corrected chi connectivity index (χ2v) is 8.19. The van der Waals surface area contributed by atoms with E-state index in [1.165, 1.54) is 24.3 Å². The number of thiophene rings is 1. The monoisotopic (exact) mass is 411 g/mol. The van der Waals surface area contributed by atoms with Crippen molar-refractivity contribution >= 4 is 60.0 Å². The summed E-state index contributed by atoms with van der Waals surface area (Å²) in [5.41, 5.74) is 0.724. The minimum Gasteiger partial charge on any atom is -0.311 e. The molecule has 0 saturated heterocycles. The van der Waals surface area contributed by atoms with Crippen LogP contribution in [-0.2, 0) is 14.5 Å². The molecular formula is C15H13N3O5S3. The fourth-order valence-corrected chi connectivity index (χ4v) is 4.41. The van der Waals surface area contributed by atoms with Crippen molar-refractivity contribution in [1.29, 1.82) is 0 Å². The highest BCUT2D eigenvalue weighted by atomic mass is 32.2. The van der Waals surface area contributed by atoms with Crippen LogP contribution in [0.5, 0.6) is 0 Å². The van der Waals surface area contributed by atoms with Gasteiger partial charge < -0.3 is 5.32 Å². The van der Waals surface area contributed by atoms with Crippen LogP contribution in [0.25, 0.3) is 10.2 Å². The van der Waals surface area contributed by atoms with Gasteiger partial charge in [0.25, 0.3) is 11.8 Å². The number of para-hydroxylation sites is 1. The molecule has 0 unspecified atom stereocenters. The molecule has 2 aromatic heterocycles. The van der Waals surface area contributed by atoms with Crippen LogP contribution in [0.15, 0.2) is 35.7 Å². The number of hydrogen-bond acceptors (Lipinski definition) is 8. The van der Waals surface area contributed by atoms with Crippen LogP contribution in [-0.4, -0.2) is 31.8 Å². The smallest absolute Gasteiger partial charge is 0.311 e. The summed E-state index contributed by atoms with van der Waals surface area (Å²) in [6.07, 6.45) is 0. The number of amides is 2. The fourth-order valence-electron chi connectivity index (χ4n) is 2.06. The summed E-state index contributed by atoms with van der Waals surface area (Å²) in [4.78, 5) is 28.8. The lowest BCUT2D eigenvalue weighted by Crippen LogP contribution is -2.32. The van der Waals surface area contributed by atoms with E-state index in [1.807, 2.05) is 18.2 Å². The molecule has 1 aromatic carbocycles. The predicted octanol–water partition coefficient (Wildman–Crippen LogP) is 2.62. The Labute approximate surface area is 157 Å². The van der Waals surface area contributed by atoms with Crippen LogP contribution in [0, 0.1) is 0 Å². The van der Waals surface area contributed by atoms with Gasteiger partial charge >= 0.3 is 10.3 Å². The maximum Gasteiger partial charge on any atom is 0.362 e. The Morgan fingerprint density at radius 2 is 1.96 bits per heavy atom. The van der Waals surface area contributed by atoms with E-state index in [1.54, 1.807) is 16.2 Å². The number of nitrogens with zero attached hydrogens (tertiary/aromatic N) is 1. The van der Waals surface area contributed by atoms with E-state index in [0.717, 1.165) is 16.0 Å². The Bertz CT molecular complexity index is 1040. The Morgan fingerprint density at radius 3 is 2.69 bits per heavy atom. The molecule has 0 aliphatic carbocycles. The zero-order valence-electron chi connectivity index (χ0n) is 13.4. The van der Waals surface area contributed by atoms with Gasteiger partial charge in [0.2, 0.25) is 0 Å². The van der Waals surface area contributed by atoms with Crippen molar-refractivity contribution in [2.24, 2.45) is 0 Å². The molecule has 26 heavy (non-hydrogen) atoms. The van der Waals surface area contributed by atoms with E-state index in [4.69, 9.17) is 0 Å². The summed E-state index contributed by atoms with van der Waals surface area (Å²) in [5, 5.41) is 4.63. The molecule has 0 saturated carbocycles. The van der Waals surface area contributed by atoms with Crippen LogP contribution in [0.4, 0.5) is 5.00 Å². The predicted molar refractivity (Wildman–Crippen MR) is 99.9 cm³/mol. The Kier molecular flexibility index (Phi) is 5.32. The second kappa shape index (κ2) is 7.50. The van der Waals surface area contributed by atoms with E-state index >= 15 is 0 Å². The molecule has 0 bridgehead atoms. The Morgan fingerprint density at radius 1 is 1.19 bits per heavy atom. The number of anilines is 1. The van der Waals surface area contributed by atoms with Crippen molar-refractivity contribution in [1.82, 2.24) is 9.71 Å². The lowest BCUT2D eigenvalue weighted by atomic mass is 10.3. The number of carbonyl (C=O) groups excluding carboxylic acids is 2. The van der Waals surface area contributed by atoms with Gasteiger partial charge in [-0.2, -0.15) is 8.42 Å². The van der Waals surface area contributed by atoms with Crippen molar-refractivity contribution in [2.45, 2.75) is 6.92 Å². The van der Waals surface area contributed by atoms with Crippen LogP contribution in [0.2, 0.25) is 0 Å². The Balaban J connectivity index is 1.78. The minimum atomic E-state index is -4.19. The maximum absolute atomic E-state index is 12.4. The molecule has 11 heteroatoms. The molecule has 2 amide bonds. The van der Waals surface area contributed by atoms with Gasteiger partial charge in [-0.25, -0.2) is 9.71 Å². The largest absolute Gasteiger partial charge is 0.362 e. The minimum absolute atomic E-state index is 0.0211. The summed E-state index contributed by atoms with van der Waals surface area (Å²) in [5.74, 6) is -1.37. The molecule has 0 fully saturated rings. The van der Waals surface area contributed by atoms with Crippen molar-refractivity contribution in [3.63, 3.8) is 0 Å². The van der Waals surface area contributed by atoms with E-state index in [9.17, 15) is 18.0 Å². The maximum atomic E-state index is 12.4. The number of nitrogens with one attached hydrogen (secondary N) is 2. The highest BCUT2D eigenvalue weighted by Gasteiger charge is 2.22. The zero-order chi connectivity index (χ0) is 18.7. The second-order valence-electron chi connectivity index (χ2n) is 4.90. The molecule has 0 atom stereocenters. The van der Waals surface area contributed by atoms with Crippen molar-refractivity contribution < 1.29 is 22.2 Å². The fraction of sp³-hybridized carbons (Fsp3) is 0.133. The zero-order valence-corrected chi connectivity index (χ0v) is 15.8. The summed E-state index contributed by atoms with van der Waals surface area (Å²) in [6.45, 7) is 1.38. The normalized spacial score (nSPS) is 11.4. The average molecular weight is 411 g/mol. The van der Waals surface area contributed by atoms with Gasteiger partial charge in [-0.3, -0.25) is 13.8 Å². The lowest BCUT2D eigenvalue weighted by Gasteiger charge is -2.07. The molecule has 2 N–H and O–H groups in total. The molecule has 0 aliphatic rings. The van der Waals surface area contributed by atoms with Crippen LogP contribution in [0.3, 0.4) is 0 Å². The topological polar surface area (TPSA) is 114 Å². The lowest BCUT2D eigenvalue weighted by molar-refractivity contribution is 0.0977. The van der Waals surface area contributed by atoms with Gasteiger partial charge in [-0.15, -0.1) is 22.7 Å². The number of fused-ring (bicyclic) bond motifs is 1. The molecule has 0 spiro atoms. The standard InChI is InChI=1S/C15H13N3O5S3/c1-2-23-26(21,22)18-12(19)9-7-8-24-14(9)17-13(20)15-16-10-5-3-4-6-11(10)25-15/h3-8H,2H2,1H3,(H,17,20)(H,18,19). The highest BCUT2D eigenvalue weighted by Crippen LogP contribution is 2.26. The first-order valence-corrected chi connectivity index (χ1v) is 10.5. The number of hydrogen-bond donors (Lipinski definition) is 2. The quantitative estimate of drug-likeness (QED) is 0.644. The van der Waals surface area contributed by atoms with Crippen molar-refractivity contribution in [3.8, 4) is 0 Å². The highest BCUT2D eigenvalue weighted by molar-refractivity contribution is 7.85. The summed E-state index contributed by atoms with van der Waals surface area (Å²) >= 11 is 2.32. The van der Waals surface area contributed by atoms with E-state index < -0.39 is 22.1 Å². The third-order valence-electron chi connectivity index (χ3n) is 3.12. The van der Waals surface area contributed by atoms with Gasteiger partial charge in [0.15, 0.2) is 5.01 Å². The van der Waals surface area contributed by atoms with E-state index in [2.05, 4.69) is 14.5 Å². The summed E-state index contributed by atoms with van der Waals surface area (Å²) in [6, 6.07) is 8.74. The molecule has 8 nitrogen and oxygen atoms in total. The first-order valence-electron chi connectivity index (χ1n) is 7.35. The van der Waals surface area contributed by atoms with Gasteiger partial charge in [-0.1, -0.05) is 12.1 Å². The van der Waals surface area contributed by atoms with E-state index in [0.29, 0.717) is 5.52 Å². The van der Waals surface area contributed by atoms with Crippen LogP contribution >= 0.6 is 22.7 Å². The number of aromatic nitrogens is 1. The third kappa shape index (κ3) is 4.07. The summed E-state index contributed by atoms with van der Waals surface area (Å²) < 4.78 is 30.2. The number of rotatable bonds is 6. The number of thiazole rings is 1. The number of benzene rings is 1. The first kappa shape index (κ1) is 18.5. The van der Waals surface area contributed by atoms with Crippen molar-refractivity contribution in [3.05, 3.63) is 46.3 Å². The average Bonchev–Trinajstić information content (AvgIpc) is 3.20. The Hall–Kier alpha value is -2.34. The van der Waals surface area contributed by atoms with Crippen LogP contribution < -0.4 is 10.0 Å². The van der Waals surface area contributed by atoms with Gasteiger partial charge in [0.05, 0.1) is 22.4 Å². The van der Waals surface area contributed by atoms with E-state index in [-0.39, 0.29) is 22.2 Å². The van der Waals surface area contributed by atoms with Gasteiger partial charge in [0, 0.05) is 0 Å².